The molecule has 1 saturated carbocycles. The first-order valence-electron chi connectivity index (χ1n) is 11.0. The molecule has 31 heavy (non-hydrogen) atoms. The molecule has 1 amide bonds. The van der Waals surface area contributed by atoms with E-state index in [0.717, 1.165) is 46.8 Å². The van der Waals surface area contributed by atoms with E-state index in [0.29, 0.717) is 30.7 Å². The van der Waals surface area contributed by atoms with Gasteiger partial charge in [0.05, 0.1) is 12.2 Å². The first-order valence-corrected chi connectivity index (χ1v) is 11.0. The summed E-state index contributed by atoms with van der Waals surface area (Å²) in [6.45, 7) is 11.1. The highest BCUT2D eigenvalue weighted by Crippen LogP contribution is 2.42. The minimum absolute atomic E-state index is 0.0591. The van der Waals surface area contributed by atoms with Gasteiger partial charge >= 0.3 is 0 Å². The molecule has 5 heteroatoms. The third-order valence-electron chi connectivity index (χ3n) is 5.76. The minimum Gasteiger partial charge on any atom is -0.401 e. The Morgan fingerprint density at radius 1 is 1.29 bits per heavy atom. The summed E-state index contributed by atoms with van der Waals surface area (Å²) < 4.78 is 7.30. The second-order valence-corrected chi connectivity index (χ2v) is 8.39. The monoisotopic (exact) mass is 419 g/mol. The zero-order chi connectivity index (χ0) is 22.6. The molecule has 0 radical (unpaired) electrons. The SMILES string of the molecule is C=c1/c(=C(/N)CCC)c(C(=O)Nc2ccc(COC)cc2)c(C#CCC)n1C1(C)CC1. The van der Waals surface area contributed by atoms with Crippen LogP contribution in [-0.4, -0.2) is 17.6 Å². The molecular weight excluding hydrogens is 386 g/mol. The highest BCUT2D eigenvalue weighted by atomic mass is 16.5. The van der Waals surface area contributed by atoms with E-state index >= 15 is 0 Å². The van der Waals surface area contributed by atoms with E-state index in [2.05, 4.69) is 42.2 Å². The molecule has 5 nitrogen and oxygen atoms in total. The van der Waals surface area contributed by atoms with Crippen molar-refractivity contribution in [3.05, 3.63) is 51.7 Å². The molecule has 0 spiro atoms. The number of benzene rings is 1. The standard InChI is InChI=1S/C26H33N3O2/c1-6-8-10-22-24(25(30)28-20-13-11-19(12-14-20)17-31-5)23(21(27)9-7-2)18(3)29(22)26(4)15-16-26/h11-14H,3,6-7,9,15-17,27H2,1-2,4-5H3,(H,28,30)/b23-21-. The predicted molar refractivity (Wildman–Crippen MR) is 127 cm³/mol. The highest BCUT2D eigenvalue weighted by molar-refractivity contribution is 6.06. The van der Waals surface area contributed by atoms with Gasteiger partial charge in [0.1, 0.15) is 5.69 Å². The van der Waals surface area contributed by atoms with Gasteiger partial charge in [0.25, 0.3) is 5.91 Å². The van der Waals surface area contributed by atoms with Crippen molar-refractivity contribution >= 4 is 23.9 Å². The Labute approximate surface area is 185 Å². The number of amides is 1. The maximum absolute atomic E-state index is 13.5. The zero-order valence-corrected chi connectivity index (χ0v) is 19.1. The molecule has 164 valence electrons. The van der Waals surface area contributed by atoms with Gasteiger partial charge < -0.3 is 20.4 Å². The molecule has 0 unspecified atom stereocenters. The van der Waals surface area contributed by atoms with Crippen molar-refractivity contribution < 1.29 is 9.53 Å². The fourth-order valence-corrected chi connectivity index (χ4v) is 3.92. The summed E-state index contributed by atoms with van der Waals surface area (Å²) in [5, 5.41) is 4.56. The lowest BCUT2D eigenvalue weighted by molar-refractivity contribution is 0.102. The van der Waals surface area contributed by atoms with Gasteiger partial charge in [-0.15, -0.1) is 0 Å². The Balaban J connectivity index is 2.16. The van der Waals surface area contributed by atoms with Crippen molar-refractivity contribution in [1.29, 1.82) is 0 Å². The normalized spacial score (nSPS) is 15.1. The van der Waals surface area contributed by atoms with Crippen LogP contribution in [0.2, 0.25) is 0 Å². The molecule has 3 N–H and O–H groups in total. The highest BCUT2D eigenvalue weighted by Gasteiger charge is 2.42. The first-order chi connectivity index (χ1) is 14.9. The molecule has 0 atom stereocenters. The smallest absolute Gasteiger partial charge is 0.259 e. The van der Waals surface area contributed by atoms with E-state index in [1.54, 1.807) is 7.11 Å². The van der Waals surface area contributed by atoms with Crippen LogP contribution in [0.4, 0.5) is 5.69 Å². The molecule has 1 aliphatic rings. The Bertz CT molecular complexity index is 1130. The lowest BCUT2D eigenvalue weighted by Gasteiger charge is -2.14. The molecule has 1 fully saturated rings. The van der Waals surface area contributed by atoms with Crippen molar-refractivity contribution in [3.8, 4) is 11.8 Å². The largest absolute Gasteiger partial charge is 0.401 e. The maximum Gasteiger partial charge on any atom is 0.259 e. The van der Waals surface area contributed by atoms with E-state index in [9.17, 15) is 4.79 Å². The summed E-state index contributed by atoms with van der Waals surface area (Å²) in [6, 6.07) is 7.65. The lowest BCUT2D eigenvalue weighted by Crippen LogP contribution is -2.37. The minimum atomic E-state index is -0.207. The lowest BCUT2D eigenvalue weighted by atomic mass is 10.1. The number of carbonyl (C=O) groups is 1. The number of carbonyl (C=O) groups excluding carboxylic acids is 1. The van der Waals surface area contributed by atoms with E-state index in [1.165, 1.54) is 0 Å². The van der Waals surface area contributed by atoms with E-state index in [1.807, 2.05) is 31.2 Å². The second-order valence-electron chi connectivity index (χ2n) is 8.39. The molecule has 0 aliphatic heterocycles. The summed E-state index contributed by atoms with van der Waals surface area (Å²) in [6.07, 6.45) is 4.39. The number of ether oxygens (including phenoxy) is 1. The number of nitrogens with one attached hydrogen (secondary N) is 1. The van der Waals surface area contributed by atoms with E-state index in [-0.39, 0.29) is 11.4 Å². The number of methoxy groups -OCH3 is 1. The molecule has 1 aromatic heterocycles. The van der Waals surface area contributed by atoms with Gasteiger partial charge in [0.2, 0.25) is 0 Å². The molecule has 1 aliphatic carbocycles. The van der Waals surface area contributed by atoms with Gasteiger partial charge in [0, 0.05) is 41.0 Å². The van der Waals surface area contributed by atoms with Crippen LogP contribution in [0.5, 0.6) is 0 Å². The van der Waals surface area contributed by atoms with Crippen molar-refractivity contribution in [1.82, 2.24) is 4.57 Å². The Morgan fingerprint density at radius 2 is 1.97 bits per heavy atom. The van der Waals surface area contributed by atoms with Gasteiger partial charge in [-0.25, -0.2) is 0 Å². The summed E-state index contributed by atoms with van der Waals surface area (Å²) in [5.74, 6) is 6.20. The van der Waals surface area contributed by atoms with Crippen LogP contribution in [0.25, 0.3) is 12.3 Å². The summed E-state index contributed by atoms with van der Waals surface area (Å²) in [5.41, 5.74) is 10.1. The van der Waals surface area contributed by atoms with Gasteiger partial charge in [0.15, 0.2) is 0 Å². The molecule has 3 rings (SSSR count). The van der Waals surface area contributed by atoms with Crippen molar-refractivity contribution in [2.45, 2.75) is 65.0 Å². The quantitative estimate of drug-likeness (QED) is 0.676. The van der Waals surface area contributed by atoms with Gasteiger partial charge in [-0.1, -0.05) is 44.9 Å². The maximum atomic E-state index is 13.5. The van der Waals surface area contributed by atoms with Crippen LogP contribution in [-0.2, 0) is 16.9 Å². The van der Waals surface area contributed by atoms with Crippen LogP contribution in [0.15, 0.2) is 24.3 Å². The fourth-order valence-electron chi connectivity index (χ4n) is 3.92. The van der Waals surface area contributed by atoms with Crippen LogP contribution in [0.3, 0.4) is 0 Å². The van der Waals surface area contributed by atoms with Gasteiger partial charge in [-0.3, -0.25) is 4.79 Å². The van der Waals surface area contributed by atoms with Crippen molar-refractivity contribution in [2.24, 2.45) is 5.73 Å². The van der Waals surface area contributed by atoms with Gasteiger partial charge in [-0.2, -0.15) is 0 Å². The molecule has 2 aromatic rings. The number of hydrogen-bond acceptors (Lipinski definition) is 3. The number of nitrogens with two attached hydrogens (primary N) is 1. The average molecular weight is 420 g/mol. The third kappa shape index (κ3) is 4.70. The topological polar surface area (TPSA) is 69.3 Å². The molecule has 1 aromatic carbocycles. The number of aromatic nitrogens is 1. The van der Waals surface area contributed by atoms with Crippen molar-refractivity contribution in [2.75, 3.05) is 12.4 Å². The third-order valence-corrected chi connectivity index (χ3v) is 5.76. The van der Waals surface area contributed by atoms with E-state index < -0.39 is 0 Å². The summed E-state index contributed by atoms with van der Waals surface area (Å²) >= 11 is 0. The average Bonchev–Trinajstić information content (AvgIpc) is 3.40. The van der Waals surface area contributed by atoms with E-state index in [4.69, 9.17) is 10.5 Å². The second kappa shape index (κ2) is 9.45. The Kier molecular flexibility index (Phi) is 6.92. The van der Waals surface area contributed by atoms with Crippen molar-refractivity contribution in [3.63, 3.8) is 0 Å². The summed E-state index contributed by atoms with van der Waals surface area (Å²) in [7, 11) is 1.66. The number of hydrogen-bond donors (Lipinski definition) is 2. The fraction of sp³-hybridized carbons (Fsp3) is 0.423. The Hall–Kier alpha value is -2.97. The van der Waals surface area contributed by atoms with Crippen LogP contribution in [0, 0.1) is 11.8 Å². The molecular formula is C26H33N3O2. The van der Waals surface area contributed by atoms with Gasteiger partial charge in [-0.05, 0) is 49.8 Å². The molecule has 0 saturated heterocycles. The number of anilines is 1. The summed E-state index contributed by atoms with van der Waals surface area (Å²) in [4.78, 5) is 13.5. The first kappa shape index (κ1) is 22.7. The number of rotatable bonds is 7. The Morgan fingerprint density at radius 3 is 2.52 bits per heavy atom. The predicted octanol–water partition coefficient (Wildman–Crippen LogP) is 3.43. The van der Waals surface area contributed by atoms with Crippen LogP contribution in [0.1, 0.15) is 74.5 Å². The van der Waals surface area contributed by atoms with Crippen LogP contribution < -0.4 is 21.6 Å². The molecule has 0 bridgehead atoms. The number of nitrogens with zero attached hydrogens (tertiary/aromatic N) is 1. The zero-order valence-electron chi connectivity index (χ0n) is 19.1. The molecule has 1 heterocycles. The van der Waals surface area contributed by atoms with Crippen LogP contribution >= 0.6 is 0 Å².